The molecule has 1 aliphatic heterocycles. The van der Waals surface area contributed by atoms with Gasteiger partial charge >= 0.3 is 5.56 Å². The van der Waals surface area contributed by atoms with Gasteiger partial charge in [0.2, 0.25) is 11.7 Å². The molecule has 12 heteroatoms. The van der Waals surface area contributed by atoms with Crippen LogP contribution in [-0.2, 0) is 15.3 Å². The minimum absolute atomic E-state index is 0.0473. The third-order valence-corrected chi connectivity index (χ3v) is 8.13. The molecule has 1 saturated heterocycles. The number of aromatic nitrogens is 4. The topological polar surface area (TPSA) is 166 Å². The van der Waals surface area contributed by atoms with Crippen molar-refractivity contribution in [3.05, 3.63) is 16.7 Å². The Labute approximate surface area is 231 Å². The van der Waals surface area contributed by atoms with E-state index in [0.717, 1.165) is 19.3 Å². The summed E-state index contributed by atoms with van der Waals surface area (Å²) < 4.78 is 8.25. The Morgan fingerprint density at radius 3 is 2.13 bits per heavy atom. The van der Waals surface area contributed by atoms with Crippen LogP contribution in [0.1, 0.15) is 96.8 Å². The molecule has 0 aliphatic carbocycles. The Kier molecular flexibility index (Phi) is 11.7. The van der Waals surface area contributed by atoms with Gasteiger partial charge in [0, 0.05) is 6.42 Å². The lowest BCUT2D eigenvalue weighted by atomic mass is 9.94. The van der Waals surface area contributed by atoms with Crippen LogP contribution < -0.4 is 11.3 Å². The molecule has 1 aliphatic rings. The maximum atomic E-state index is 13.6. The van der Waals surface area contributed by atoms with Crippen LogP contribution in [0.2, 0.25) is 0 Å². The number of ketones is 1. The van der Waals surface area contributed by atoms with Crippen molar-refractivity contribution in [2.75, 3.05) is 12.3 Å². The van der Waals surface area contributed by atoms with Gasteiger partial charge in [-0.05, 0) is 6.42 Å². The van der Waals surface area contributed by atoms with Crippen molar-refractivity contribution in [3.63, 3.8) is 0 Å². The second-order valence-corrected chi connectivity index (χ2v) is 10.9. The van der Waals surface area contributed by atoms with Crippen LogP contribution in [0.3, 0.4) is 0 Å². The lowest BCUT2D eigenvalue weighted by Gasteiger charge is -2.32. The summed E-state index contributed by atoms with van der Waals surface area (Å²) >= 11 is 3.22. The number of anilines is 1. The Morgan fingerprint density at radius 2 is 1.61 bits per heavy atom. The summed E-state index contributed by atoms with van der Waals surface area (Å²) in [5.41, 5.74) is 2.98. The highest BCUT2D eigenvalue weighted by atomic mass is 79.9. The highest BCUT2D eigenvalue weighted by Gasteiger charge is 2.60. The molecule has 0 unspecified atom stereocenters. The van der Waals surface area contributed by atoms with Crippen LogP contribution in [0.15, 0.2) is 11.1 Å². The Bertz CT molecular complexity index is 1110. The van der Waals surface area contributed by atoms with Crippen molar-refractivity contribution in [1.29, 1.82) is 0 Å². The van der Waals surface area contributed by atoms with Gasteiger partial charge in [0.1, 0.15) is 24.6 Å². The second-order valence-electron chi connectivity index (χ2n) is 10.2. The summed E-state index contributed by atoms with van der Waals surface area (Å²) in [5.74, 6) is -0.673. The van der Waals surface area contributed by atoms with E-state index in [4.69, 9.17) is 10.5 Å². The lowest BCUT2D eigenvalue weighted by Crippen LogP contribution is -2.52. The van der Waals surface area contributed by atoms with E-state index in [1.54, 1.807) is 0 Å². The first kappa shape index (κ1) is 30.7. The monoisotopic (exact) mass is 599 g/mol. The Hall–Kier alpha value is -1.86. The lowest BCUT2D eigenvalue weighted by molar-refractivity contribution is -0.174. The number of carbonyl (C=O) groups excluding carboxylic acids is 1. The van der Waals surface area contributed by atoms with Gasteiger partial charge in [0.25, 0.3) is 0 Å². The molecule has 2 aromatic rings. The summed E-state index contributed by atoms with van der Waals surface area (Å²) in [6, 6.07) is 0. The normalized spacial score (nSPS) is 23.4. The first-order valence-electron chi connectivity index (χ1n) is 13.9. The number of fused-ring (bicyclic) bond motifs is 1. The average molecular weight is 601 g/mol. The van der Waals surface area contributed by atoms with Crippen molar-refractivity contribution in [2.45, 2.75) is 121 Å². The van der Waals surface area contributed by atoms with Gasteiger partial charge < -0.3 is 25.8 Å². The van der Waals surface area contributed by atoms with E-state index in [-0.39, 0.29) is 23.5 Å². The summed E-state index contributed by atoms with van der Waals surface area (Å²) in [5, 5.41) is 31.3. The molecule has 0 amide bonds. The first-order chi connectivity index (χ1) is 18.3. The van der Waals surface area contributed by atoms with Gasteiger partial charge in [0.05, 0.1) is 22.8 Å². The molecule has 3 rings (SSSR count). The fourth-order valence-electron chi connectivity index (χ4n) is 5.23. The zero-order valence-corrected chi connectivity index (χ0v) is 23.8. The van der Waals surface area contributed by atoms with Crippen molar-refractivity contribution in [3.8, 4) is 0 Å². The number of nitrogens with zero attached hydrogens (tertiary/aromatic N) is 4. The number of aliphatic hydroxyl groups is 3. The number of unbranched alkanes of at least 4 members (excludes halogenated alkanes) is 12. The second kappa shape index (κ2) is 14.5. The van der Waals surface area contributed by atoms with E-state index >= 15 is 0 Å². The third-order valence-electron chi connectivity index (χ3n) is 7.43. The van der Waals surface area contributed by atoms with E-state index in [2.05, 4.69) is 33.0 Å². The minimum Gasteiger partial charge on any atom is -0.394 e. The number of hydrogen-bond acceptors (Lipinski definition) is 9. The number of rotatable bonds is 17. The highest BCUT2D eigenvalue weighted by Crippen LogP contribution is 2.40. The predicted octanol–water partition coefficient (Wildman–Crippen LogP) is 3.15. The van der Waals surface area contributed by atoms with Gasteiger partial charge in [-0.2, -0.15) is 4.98 Å². The molecule has 1 fully saturated rings. The van der Waals surface area contributed by atoms with Crippen LogP contribution in [0.5, 0.6) is 0 Å². The SMILES string of the molecule is CCCCCCCCCCCCCCCC(=O)[C@@]1(n2cnc3c(=O)nc(N)n(Br)c32)O[C@H](CO)[C@@H](O)[C@H]1O. The fraction of sp³-hybridized carbons (Fsp3) is 0.769. The number of halogens is 1. The van der Waals surface area contributed by atoms with Crippen molar-refractivity contribution < 1.29 is 24.9 Å². The van der Waals surface area contributed by atoms with Gasteiger partial charge in [-0.15, -0.1) is 0 Å². The zero-order valence-electron chi connectivity index (χ0n) is 22.2. The highest BCUT2D eigenvalue weighted by molar-refractivity contribution is 9.08. The number of carbonyl (C=O) groups is 1. The number of Topliss-reactive ketones (excluding diaryl/α,β-unsaturated/α-hetero) is 1. The van der Waals surface area contributed by atoms with Crippen LogP contribution in [0.4, 0.5) is 5.95 Å². The van der Waals surface area contributed by atoms with E-state index in [0.29, 0.717) is 6.42 Å². The van der Waals surface area contributed by atoms with Crippen LogP contribution >= 0.6 is 16.1 Å². The first-order valence-corrected chi connectivity index (χ1v) is 14.6. The number of aliphatic hydroxyl groups excluding tert-OH is 3. The molecule has 5 N–H and O–H groups in total. The third kappa shape index (κ3) is 6.64. The number of ether oxygens (including phenoxy) is 1. The summed E-state index contributed by atoms with van der Waals surface area (Å²) in [6.45, 7) is 1.62. The van der Waals surface area contributed by atoms with Crippen LogP contribution in [0, 0.1) is 0 Å². The van der Waals surface area contributed by atoms with Gasteiger partial charge in [0.15, 0.2) is 16.9 Å². The molecule has 4 atom stereocenters. The molecule has 0 spiro atoms. The summed E-state index contributed by atoms with van der Waals surface area (Å²) in [7, 11) is 0. The van der Waals surface area contributed by atoms with Crippen LogP contribution in [0.25, 0.3) is 11.2 Å². The smallest absolute Gasteiger partial charge is 0.302 e. The van der Waals surface area contributed by atoms with E-state index in [1.165, 1.54) is 72.3 Å². The molecule has 214 valence electrons. The molecule has 0 radical (unpaired) electrons. The molecule has 38 heavy (non-hydrogen) atoms. The number of nitrogens with two attached hydrogens (primary N) is 1. The van der Waals surface area contributed by atoms with Crippen LogP contribution in [-0.4, -0.2) is 64.1 Å². The molecular weight excluding hydrogens is 558 g/mol. The molecular formula is C26H42BrN5O6. The van der Waals surface area contributed by atoms with E-state index in [9.17, 15) is 24.9 Å². The van der Waals surface area contributed by atoms with E-state index in [1.807, 2.05) is 0 Å². The van der Waals surface area contributed by atoms with Gasteiger partial charge in [-0.3, -0.25) is 14.2 Å². The van der Waals surface area contributed by atoms with Gasteiger partial charge in [-0.25, -0.2) is 8.58 Å². The Morgan fingerprint density at radius 1 is 1.05 bits per heavy atom. The molecule has 0 saturated carbocycles. The van der Waals surface area contributed by atoms with Crippen molar-refractivity contribution >= 4 is 39.0 Å². The molecule has 11 nitrogen and oxygen atoms in total. The molecule has 0 aromatic carbocycles. The standard InChI is InChI=1S/C26H42BrN5O6/c1-2-3-4-5-6-7-8-9-10-11-12-13-14-15-19(34)26(22(36)21(35)18(16-33)38-26)31-17-29-20-23(37)30-25(28)32(27)24(20)31/h17-18,21-22,33,35-36H,2-16H2,1H3,(H2,28,30,37)/t18-,21-,22-,26-/m1/s1. The molecule has 0 bridgehead atoms. The molecule has 3 heterocycles. The van der Waals surface area contributed by atoms with Crippen molar-refractivity contribution in [1.82, 2.24) is 18.1 Å². The van der Waals surface area contributed by atoms with Crippen molar-refractivity contribution in [2.24, 2.45) is 0 Å². The van der Waals surface area contributed by atoms with Gasteiger partial charge in [-0.1, -0.05) is 84.0 Å². The average Bonchev–Trinajstić information content (AvgIpc) is 3.46. The minimum atomic E-state index is -2.09. The Balaban J connectivity index is 1.60. The largest absolute Gasteiger partial charge is 0.394 e. The number of nitrogen functional groups attached to an aromatic ring is 1. The quantitative estimate of drug-likeness (QED) is 0.200. The number of imidazole rings is 1. The maximum Gasteiger partial charge on any atom is 0.302 e. The maximum absolute atomic E-state index is 13.6. The fourth-order valence-corrected chi connectivity index (χ4v) is 5.65. The summed E-state index contributed by atoms with van der Waals surface area (Å²) in [6.07, 6.45) is 11.9. The molecule has 2 aromatic heterocycles. The predicted molar refractivity (Wildman–Crippen MR) is 148 cm³/mol. The zero-order chi connectivity index (χ0) is 27.7. The van der Waals surface area contributed by atoms with E-state index < -0.39 is 42.0 Å². The number of hydrogen-bond donors (Lipinski definition) is 4. The summed E-state index contributed by atoms with van der Waals surface area (Å²) in [4.78, 5) is 33.7.